The van der Waals surface area contributed by atoms with Crippen LogP contribution >= 0.6 is 11.8 Å². The zero-order valence-corrected chi connectivity index (χ0v) is 22.6. The van der Waals surface area contributed by atoms with Crippen molar-refractivity contribution in [3.8, 4) is 0 Å². The van der Waals surface area contributed by atoms with Crippen LogP contribution in [0.1, 0.15) is 105 Å². The molecule has 1 heteroatoms. The van der Waals surface area contributed by atoms with Gasteiger partial charge in [-0.3, -0.25) is 0 Å². The van der Waals surface area contributed by atoms with Crippen LogP contribution in [-0.2, 0) is 0 Å². The highest BCUT2D eigenvalue weighted by molar-refractivity contribution is 8.00. The van der Waals surface area contributed by atoms with Gasteiger partial charge in [-0.2, -0.15) is 0 Å². The Morgan fingerprint density at radius 2 is 1.76 bits per heavy atom. The van der Waals surface area contributed by atoms with Gasteiger partial charge in [-0.15, -0.1) is 11.8 Å². The molecular weight excluding hydrogens is 416 g/mol. The van der Waals surface area contributed by atoms with Crippen LogP contribution in [0.5, 0.6) is 0 Å². The number of rotatable bonds is 7. The molecule has 0 aliphatic heterocycles. The SMILES string of the molecule is CC(C)CCCCC1CCC2C3CC=C4CC(Sc5ccccc5)CCC4(C)C3CCC12C. The summed E-state index contributed by atoms with van der Waals surface area (Å²) in [6, 6.07) is 11.1. The van der Waals surface area contributed by atoms with E-state index < -0.39 is 0 Å². The molecule has 0 spiro atoms. The molecular formula is C32H48S. The van der Waals surface area contributed by atoms with Gasteiger partial charge in [0.1, 0.15) is 0 Å². The molecule has 0 bridgehead atoms. The highest BCUT2D eigenvalue weighted by Crippen LogP contribution is 2.67. The third-order valence-corrected chi connectivity index (χ3v) is 12.2. The Morgan fingerprint density at radius 3 is 2.55 bits per heavy atom. The molecule has 3 saturated carbocycles. The summed E-state index contributed by atoms with van der Waals surface area (Å²) in [4.78, 5) is 1.46. The zero-order valence-electron chi connectivity index (χ0n) is 21.8. The lowest BCUT2D eigenvalue weighted by Gasteiger charge is -2.58. The second-order valence-electron chi connectivity index (χ2n) is 13.1. The maximum Gasteiger partial charge on any atom is 0.0132 e. The molecule has 4 aliphatic rings. The lowest BCUT2D eigenvalue weighted by Crippen LogP contribution is -2.50. The number of unbranched alkanes of at least 4 members (excludes halogenated alkanes) is 1. The van der Waals surface area contributed by atoms with Gasteiger partial charge in [-0.1, -0.05) is 76.8 Å². The van der Waals surface area contributed by atoms with Crippen molar-refractivity contribution in [2.45, 2.75) is 115 Å². The minimum Gasteiger partial charge on any atom is -0.122 e. The monoisotopic (exact) mass is 464 g/mol. The molecule has 33 heavy (non-hydrogen) atoms. The number of fused-ring (bicyclic) bond motifs is 5. The molecule has 0 saturated heterocycles. The van der Waals surface area contributed by atoms with Crippen molar-refractivity contribution in [1.82, 2.24) is 0 Å². The predicted molar refractivity (Wildman–Crippen MR) is 145 cm³/mol. The third-order valence-electron chi connectivity index (χ3n) is 10.9. The van der Waals surface area contributed by atoms with Gasteiger partial charge in [0.05, 0.1) is 0 Å². The van der Waals surface area contributed by atoms with Crippen molar-refractivity contribution < 1.29 is 0 Å². The number of allylic oxidation sites excluding steroid dienone is 2. The van der Waals surface area contributed by atoms with E-state index in [1.807, 2.05) is 5.57 Å². The summed E-state index contributed by atoms with van der Waals surface area (Å²) in [5.74, 6) is 4.80. The lowest BCUT2D eigenvalue weighted by atomic mass is 9.47. The molecule has 0 amide bonds. The van der Waals surface area contributed by atoms with E-state index in [-0.39, 0.29) is 0 Å². The van der Waals surface area contributed by atoms with E-state index in [1.54, 1.807) is 0 Å². The number of hydrogen-bond donors (Lipinski definition) is 0. The van der Waals surface area contributed by atoms with Crippen molar-refractivity contribution >= 4 is 11.8 Å². The molecule has 182 valence electrons. The summed E-state index contributed by atoms with van der Waals surface area (Å²) in [5, 5.41) is 0.777. The maximum atomic E-state index is 2.76. The fraction of sp³-hybridized carbons (Fsp3) is 0.750. The summed E-state index contributed by atoms with van der Waals surface area (Å²) in [5.41, 5.74) is 2.98. The van der Waals surface area contributed by atoms with Crippen LogP contribution < -0.4 is 0 Å². The van der Waals surface area contributed by atoms with Crippen molar-refractivity contribution in [3.63, 3.8) is 0 Å². The normalized spacial score (nSPS) is 40.2. The second-order valence-corrected chi connectivity index (χ2v) is 14.4. The average Bonchev–Trinajstić information content (AvgIpc) is 3.14. The maximum absolute atomic E-state index is 2.76. The van der Waals surface area contributed by atoms with Gasteiger partial charge in [0.25, 0.3) is 0 Å². The smallest absolute Gasteiger partial charge is 0.0132 e. The number of benzene rings is 1. The highest BCUT2D eigenvalue weighted by Gasteiger charge is 2.58. The fourth-order valence-electron chi connectivity index (χ4n) is 8.95. The Morgan fingerprint density at radius 1 is 0.939 bits per heavy atom. The Kier molecular flexibility index (Phi) is 7.10. The standard InChI is InChI=1S/C32H48S/c1-23(2)10-8-9-11-24-15-17-29-28-16-14-25-22-27(33-26-12-6-5-7-13-26)18-20-32(25,4)30(28)19-21-31(24,29)3/h5-7,12-14,23-24,27-30H,8-11,15-22H2,1-4H3. The van der Waals surface area contributed by atoms with E-state index in [4.69, 9.17) is 0 Å². The molecule has 7 unspecified atom stereocenters. The summed E-state index contributed by atoms with van der Waals surface area (Å²) < 4.78 is 0. The first-order valence-electron chi connectivity index (χ1n) is 14.3. The van der Waals surface area contributed by atoms with Crippen LogP contribution in [0.25, 0.3) is 0 Å². The fourth-order valence-corrected chi connectivity index (χ4v) is 10.1. The summed E-state index contributed by atoms with van der Waals surface area (Å²) in [7, 11) is 0. The molecule has 1 aromatic rings. The van der Waals surface area contributed by atoms with Gasteiger partial charge in [0.15, 0.2) is 0 Å². The molecule has 0 N–H and O–H groups in total. The van der Waals surface area contributed by atoms with Gasteiger partial charge >= 0.3 is 0 Å². The van der Waals surface area contributed by atoms with Crippen LogP contribution in [0.3, 0.4) is 0 Å². The Bertz CT molecular complexity index is 824. The summed E-state index contributed by atoms with van der Waals surface area (Å²) in [6.07, 6.45) is 20.2. The first-order chi connectivity index (χ1) is 15.9. The molecule has 0 nitrogen and oxygen atoms in total. The molecule has 4 aliphatic carbocycles. The summed E-state index contributed by atoms with van der Waals surface area (Å²) >= 11 is 2.13. The first-order valence-corrected chi connectivity index (χ1v) is 15.2. The van der Waals surface area contributed by atoms with E-state index in [0.29, 0.717) is 10.8 Å². The largest absolute Gasteiger partial charge is 0.122 e. The topological polar surface area (TPSA) is 0 Å². The molecule has 0 aromatic heterocycles. The van der Waals surface area contributed by atoms with E-state index in [2.05, 4.69) is 75.9 Å². The van der Waals surface area contributed by atoms with Crippen LogP contribution in [0, 0.1) is 40.4 Å². The van der Waals surface area contributed by atoms with Crippen molar-refractivity contribution in [1.29, 1.82) is 0 Å². The van der Waals surface area contributed by atoms with Crippen molar-refractivity contribution in [2.75, 3.05) is 0 Å². The second kappa shape index (κ2) is 9.75. The molecule has 3 fully saturated rings. The number of thioether (sulfide) groups is 1. The molecule has 0 radical (unpaired) electrons. The van der Waals surface area contributed by atoms with Gasteiger partial charge in [0, 0.05) is 10.1 Å². The average molecular weight is 465 g/mol. The van der Waals surface area contributed by atoms with Gasteiger partial charge in [-0.25, -0.2) is 0 Å². The van der Waals surface area contributed by atoms with Crippen LogP contribution in [-0.4, -0.2) is 5.25 Å². The van der Waals surface area contributed by atoms with Crippen LogP contribution in [0.15, 0.2) is 46.9 Å². The Hall–Kier alpha value is -0.690. The minimum absolute atomic E-state index is 0.493. The lowest BCUT2D eigenvalue weighted by molar-refractivity contribution is -0.0422. The quantitative estimate of drug-likeness (QED) is 0.286. The zero-order chi connectivity index (χ0) is 23.1. The van der Waals surface area contributed by atoms with Crippen LogP contribution in [0.2, 0.25) is 0 Å². The highest BCUT2D eigenvalue weighted by atomic mass is 32.2. The number of hydrogen-bond acceptors (Lipinski definition) is 1. The van der Waals surface area contributed by atoms with Crippen molar-refractivity contribution in [3.05, 3.63) is 42.0 Å². The van der Waals surface area contributed by atoms with Crippen molar-refractivity contribution in [2.24, 2.45) is 40.4 Å². The van der Waals surface area contributed by atoms with E-state index in [9.17, 15) is 0 Å². The predicted octanol–water partition coefficient (Wildman–Crippen LogP) is 9.94. The molecule has 7 atom stereocenters. The van der Waals surface area contributed by atoms with E-state index in [1.165, 1.54) is 81.9 Å². The van der Waals surface area contributed by atoms with Gasteiger partial charge < -0.3 is 0 Å². The third kappa shape index (κ3) is 4.62. The molecule has 0 heterocycles. The molecule has 1 aromatic carbocycles. The molecule has 5 rings (SSSR count). The van der Waals surface area contributed by atoms with Crippen LogP contribution in [0.4, 0.5) is 0 Å². The van der Waals surface area contributed by atoms with Gasteiger partial charge in [0.2, 0.25) is 0 Å². The Labute approximate surface area is 208 Å². The Balaban J connectivity index is 1.25. The summed E-state index contributed by atoms with van der Waals surface area (Å²) in [6.45, 7) is 10.2. The van der Waals surface area contributed by atoms with E-state index in [0.717, 1.165) is 34.8 Å². The minimum atomic E-state index is 0.493. The van der Waals surface area contributed by atoms with E-state index >= 15 is 0 Å². The van der Waals surface area contributed by atoms with Gasteiger partial charge in [-0.05, 0) is 110 Å². The first kappa shape index (κ1) is 24.0.